The lowest BCUT2D eigenvalue weighted by molar-refractivity contribution is 0.0759. The first kappa shape index (κ1) is 13.3. The highest BCUT2D eigenvalue weighted by Gasteiger charge is 2.02. The number of methoxy groups -OCH3 is 1. The molecule has 5 heteroatoms. The first-order valence-corrected chi connectivity index (χ1v) is 6.79. The molecule has 0 fully saturated rings. The van der Waals surface area contributed by atoms with E-state index in [1.54, 1.807) is 18.4 Å². The number of hydrogen-bond donors (Lipinski definition) is 1. The van der Waals surface area contributed by atoms with Gasteiger partial charge < -0.3 is 14.8 Å². The summed E-state index contributed by atoms with van der Waals surface area (Å²) in [5, 5.41) is 4.22. The Morgan fingerprint density at radius 1 is 1.28 bits per heavy atom. The van der Waals surface area contributed by atoms with Crippen LogP contribution in [0.4, 0.5) is 5.13 Å². The van der Waals surface area contributed by atoms with Crippen molar-refractivity contribution in [3.8, 4) is 0 Å². The van der Waals surface area contributed by atoms with Crippen LogP contribution in [0.3, 0.4) is 0 Å². The number of nitrogens with one attached hydrogen (secondary N) is 1. The second-order valence-corrected chi connectivity index (χ2v) is 5.05. The Bertz CT molecular complexity index is 499. The van der Waals surface area contributed by atoms with Crippen molar-refractivity contribution in [3.05, 3.63) is 23.8 Å². The number of rotatable bonds is 7. The Morgan fingerprint density at radius 2 is 2.17 bits per heavy atom. The van der Waals surface area contributed by atoms with Gasteiger partial charge in [0.1, 0.15) is 0 Å². The van der Waals surface area contributed by atoms with Gasteiger partial charge in [-0.3, -0.25) is 0 Å². The maximum Gasteiger partial charge on any atom is 0.183 e. The van der Waals surface area contributed by atoms with E-state index >= 15 is 0 Å². The molecule has 0 amide bonds. The molecule has 1 aromatic heterocycles. The van der Waals surface area contributed by atoms with E-state index in [4.69, 9.17) is 9.47 Å². The molecule has 0 aliphatic heterocycles. The molecule has 0 bridgehead atoms. The third-order valence-corrected chi connectivity index (χ3v) is 3.47. The van der Waals surface area contributed by atoms with Gasteiger partial charge in [-0.25, -0.2) is 4.98 Å². The van der Waals surface area contributed by atoms with Gasteiger partial charge >= 0.3 is 0 Å². The SMILES string of the molecule is COCCOCCNc1nc2ccc(C)cc2s1. The van der Waals surface area contributed by atoms with Gasteiger partial charge in [-0.2, -0.15) is 0 Å². The van der Waals surface area contributed by atoms with Crippen LogP contribution in [0.15, 0.2) is 18.2 Å². The second-order valence-electron chi connectivity index (χ2n) is 4.02. The first-order chi connectivity index (χ1) is 8.79. The molecular formula is C13H18N2O2S. The van der Waals surface area contributed by atoms with Crippen LogP contribution in [0.25, 0.3) is 10.2 Å². The highest BCUT2D eigenvalue weighted by Crippen LogP contribution is 2.26. The van der Waals surface area contributed by atoms with Crippen LogP contribution < -0.4 is 5.32 Å². The molecule has 0 aliphatic rings. The third kappa shape index (κ3) is 3.66. The molecule has 0 spiro atoms. The van der Waals surface area contributed by atoms with Gasteiger partial charge in [-0.05, 0) is 24.6 Å². The van der Waals surface area contributed by atoms with E-state index in [1.807, 2.05) is 0 Å². The number of benzene rings is 1. The number of aryl methyl sites for hydroxylation is 1. The quantitative estimate of drug-likeness (QED) is 0.782. The van der Waals surface area contributed by atoms with Crippen LogP contribution in [-0.2, 0) is 9.47 Å². The predicted molar refractivity (Wildman–Crippen MR) is 75.5 cm³/mol. The zero-order chi connectivity index (χ0) is 12.8. The number of hydrogen-bond acceptors (Lipinski definition) is 5. The van der Waals surface area contributed by atoms with Gasteiger partial charge in [0.2, 0.25) is 0 Å². The molecule has 0 radical (unpaired) electrons. The average molecular weight is 266 g/mol. The summed E-state index contributed by atoms with van der Waals surface area (Å²) in [5.74, 6) is 0. The van der Waals surface area contributed by atoms with E-state index in [9.17, 15) is 0 Å². The lowest BCUT2D eigenvalue weighted by atomic mass is 10.2. The maximum absolute atomic E-state index is 5.38. The Kier molecular flexibility index (Phi) is 4.92. The van der Waals surface area contributed by atoms with Crippen molar-refractivity contribution < 1.29 is 9.47 Å². The summed E-state index contributed by atoms with van der Waals surface area (Å²) < 4.78 is 11.5. The minimum atomic E-state index is 0.636. The third-order valence-electron chi connectivity index (χ3n) is 2.50. The van der Waals surface area contributed by atoms with Crippen molar-refractivity contribution in [2.24, 2.45) is 0 Å². The summed E-state index contributed by atoms with van der Waals surface area (Å²) in [7, 11) is 1.67. The van der Waals surface area contributed by atoms with Crippen LogP contribution >= 0.6 is 11.3 Å². The highest BCUT2D eigenvalue weighted by atomic mass is 32.1. The number of ether oxygens (including phenoxy) is 2. The van der Waals surface area contributed by atoms with Gasteiger partial charge in [0.05, 0.1) is 30.0 Å². The van der Waals surface area contributed by atoms with Crippen LogP contribution in [0, 0.1) is 6.92 Å². The van der Waals surface area contributed by atoms with Gasteiger partial charge in [-0.15, -0.1) is 0 Å². The fourth-order valence-electron chi connectivity index (χ4n) is 1.58. The number of aromatic nitrogens is 1. The molecule has 98 valence electrons. The number of thiazole rings is 1. The minimum Gasteiger partial charge on any atom is -0.382 e. The topological polar surface area (TPSA) is 43.4 Å². The van der Waals surface area contributed by atoms with Gasteiger partial charge in [0.25, 0.3) is 0 Å². The molecule has 0 saturated carbocycles. The van der Waals surface area contributed by atoms with Crippen molar-refractivity contribution in [2.45, 2.75) is 6.92 Å². The van der Waals surface area contributed by atoms with Gasteiger partial charge in [-0.1, -0.05) is 17.4 Å². The Labute approximate surface area is 111 Å². The van der Waals surface area contributed by atoms with E-state index in [1.165, 1.54) is 10.3 Å². The summed E-state index contributed by atoms with van der Waals surface area (Å²) >= 11 is 1.68. The lowest BCUT2D eigenvalue weighted by Crippen LogP contribution is -2.11. The zero-order valence-electron chi connectivity index (χ0n) is 10.7. The van der Waals surface area contributed by atoms with Crippen LogP contribution in [-0.4, -0.2) is 38.5 Å². The van der Waals surface area contributed by atoms with Gasteiger partial charge in [0, 0.05) is 13.7 Å². The average Bonchev–Trinajstić information content (AvgIpc) is 2.75. The van der Waals surface area contributed by atoms with E-state index in [0.29, 0.717) is 19.8 Å². The summed E-state index contributed by atoms with van der Waals surface area (Å²) in [6.07, 6.45) is 0. The van der Waals surface area contributed by atoms with Crippen molar-refractivity contribution in [1.82, 2.24) is 4.98 Å². The van der Waals surface area contributed by atoms with Crippen LogP contribution in [0.1, 0.15) is 5.56 Å². The molecule has 0 atom stereocenters. The molecule has 1 N–H and O–H groups in total. The second kappa shape index (κ2) is 6.68. The van der Waals surface area contributed by atoms with E-state index in [0.717, 1.165) is 17.2 Å². The molecule has 1 heterocycles. The van der Waals surface area contributed by atoms with E-state index in [-0.39, 0.29) is 0 Å². The Balaban J connectivity index is 1.81. The number of anilines is 1. The van der Waals surface area contributed by atoms with E-state index < -0.39 is 0 Å². The lowest BCUT2D eigenvalue weighted by Gasteiger charge is -2.03. The predicted octanol–water partition coefficient (Wildman–Crippen LogP) is 2.68. The molecule has 2 aromatic rings. The molecule has 0 aliphatic carbocycles. The minimum absolute atomic E-state index is 0.636. The number of nitrogens with zero attached hydrogens (tertiary/aromatic N) is 1. The smallest absolute Gasteiger partial charge is 0.183 e. The monoisotopic (exact) mass is 266 g/mol. The fourth-order valence-corrected chi connectivity index (χ4v) is 2.57. The molecule has 4 nitrogen and oxygen atoms in total. The van der Waals surface area contributed by atoms with Crippen molar-refractivity contribution in [3.63, 3.8) is 0 Å². The highest BCUT2D eigenvalue weighted by molar-refractivity contribution is 7.22. The summed E-state index contributed by atoms with van der Waals surface area (Å²) in [4.78, 5) is 4.51. The molecule has 18 heavy (non-hydrogen) atoms. The summed E-state index contributed by atoms with van der Waals surface area (Å²) in [6, 6.07) is 6.30. The Hall–Kier alpha value is -1.17. The molecule has 0 unspecified atom stereocenters. The summed E-state index contributed by atoms with van der Waals surface area (Å²) in [5.41, 5.74) is 2.31. The Morgan fingerprint density at radius 3 is 3.00 bits per heavy atom. The van der Waals surface area contributed by atoms with E-state index in [2.05, 4.69) is 35.4 Å². The van der Waals surface area contributed by atoms with Crippen LogP contribution in [0.5, 0.6) is 0 Å². The van der Waals surface area contributed by atoms with Gasteiger partial charge in [0.15, 0.2) is 5.13 Å². The normalized spacial score (nSPS) is 11.0. The fraction of sp³-hybridized carbons (Fsp3) is 0.462. The van der Waals surface area contributed by atoms with Crippen LogP contribution in [0.2, 0.25) is 0 Å². The number of fused-ring (bicyclic) bond motifs is 1. The molecule has 0 saturated heterocycles. The standard InChI is InChI=1S/C13H18N2O2S/c1-10-3-4-11-12(9-10)18-13(15-11)14-5-6-17-8-7-16-2/h3-4,9H,5-8H2,1-2H3,(H,14,15). The zero-order valence-corrected chi connectivity index (χ0v) is 11.5. The maximum atomic E-state index is 5.38. The largest absolute Gasteiger partial charge is 0.382 e. The van der Waals surface area contributed by atoms with Crippen molar-refractivity contribution in [1.29, 1.82) is 0 Å². The van der Waals surface area contributed by atoms with Crippen molar-refractivity contribution >= 4 is 26.7 Å². The molecule has 2 rings (SSSR count). The first-order valence-electron chi connectivity index (χ1n) is 5.97. The molecular weight excluding hydrogens is 248 g/mol. The summed E-state index contributed by atoms with van der Waals surface area (Å²) in [6.45, 7) is 4.80. The molecule has 1 aromatic carbocycles. The van der Waals surface area contributed by atoms with Crippen molar-refractivity contribution in [2.75, 3.05) is 38.8 Å².